The molecule has 0 aromatic heterocycles. The molecule has 1 rings (SSSR count). The molecule has 14 heavy (non-hydrogen) atoms. The van der Waals surface area contributed by atoms with E-state index in [4.69, 9.17) is 11.6 Å². The van der Waals surface area contributed by atoms with E-state index in [2.05, 4.69) is 5.10 Å². The van der Waals surface area contributed by atoms with Crippen LogP contribution in [0.2, 0.25) is 5.02 Å². The quantitative estimate of drug-likeness (QED) is 0.558. The Hall–Kier alpha value is -1.09. The van der Waals surface area contributed by atoms with Gasteiger partial charge in [-0.15, -0.1) is 0 Å². The molecule has 0 aliphatic heterocycles. The molecular formula is C10H12ClFN2. The molecule has 0 bridgehead atoms. The maximum Gasteiger partial charge on any atom is 0.124 e. The summed E-state index contributed by atoms with van der Waals surface area (Å²) >= 11 is 5.83. The molecule has 0 radical (unpaired) electrons. The third-order valence-corrected chi connectivity index (χ3v) is 1.99. The van der Waals surface area contributed by atoms with Crippen LogP contribution in [0, 0.1) is 5.82 Å². The van der Waals surface area contributed by atoms with Gasteiger partial charge in [-0.3, -0.25) is 0 Å². The molecule has 0 aliphatic carbocycles. The summed E-state index contributed by atoms with van der Waals surface area (Å²) in [5.41, 5.74) is 0.874. The Morgan fingerprint density at radius 2 is 2.21 bits per heavy atom. The average Bonchev–Trinajstić information content (AvgIpc) is 2.08. The molecule has 1 aromatic rings. The molecule has 0 saturated heterocycles. The van der Waals surface area contributed by atoms with E-state index in [0.29, 0.717) is 11.4 Å². The van der Waals surface area contributed by atoms with E-state index in [-0.39, 0.29) is 5.82 Å². The van der Waals surface area contributed by atoms with Gasteiger partial charge < -0.3 is 5.01 Å². The second-order valence-corrected chi connectivity index (χ2v) is 3.49. The van der Waals surface area contributed by atoms with Crippen molar-refractivity contribution in [1.29, 1.82) is 0 Å². The SMILES string of the molecule is CN(C)/N=C/Cc1ccc(F)cc1Cl. The first-order chi connectivity index (χ1) is 6.59. The zero-order valence-electron chi connectivity index (χ0n) is 8.17. The van der Waals surface area contributed by atoms with E-state index in [0.717, 1.165) is 5.56 Å². The van der Waals surface area contributed by atoms with Crippen molar-refractivity contribution in [3.8, 4) is 0 Å². The normalized spacial score (nSPS) is 10.9. The van der Waals surface area contributed by atoms with Gasteiger partial charge in [0.25, 0.3) is 0 Å². The van der Waals surface area contributed by atoms with Crippen molar-refractivity contribution in [2.24, 2.45) is 5.10 Å². The first-order valence-corrected chi connectivity index (χ1v) is 4.61. The lowest BCUT2D eigenvalue weighted by Gasteiger charge is -2.03. The van der Waals surface area contributed by atoms with Crippen molar-refractivity contribution >= 4 is 17.8 Å². The van der Waals surface area contributed by atoms with Gasteiger partial charge in [0, 0.05) is 31.8 Å². The van der Waals surface area contributed by atoms with Crippen molar-refractivity contribution in [3.05, 3.63) is 34.6 Å². The van der Waals surface area contributed by atoms with Gasteiger partial charge in [0.05, 0.1) is 0 Å². The number of hydrogen-bond donors (Lipinski definition) is 0. The van der Waals surface area contributed by atoms with Crippen molar-refractivity contribution < 1.29 is 4.39 Å². The number of hydrogen-bond acceptors (Lipinski definition) is 2. The number of halogens is 2. The Labute approximate surface area is 88.0 Å². The number of nitrogens with zero attached hydrogens (tertiary/aromatic N) is 2. The van der Waals surface area contributed by atoms with Gasteiger partial charge in [0.15, 0.2) is 0 Å². The summed E-state index contributed by atoms with van der Waals surface area (Å²) < 4.78 is 12.7. The maximum atomic E-state index is 12.7. The second-order valence-electron chi connectivity index (χ2n) is 3.09. The second kappa shape index (κ2) is 4.96. The van der Waals surface area contributed by atoms with Crippen LogP contribution in [-0.4, -0.2) is 25.3 Å². The number of hydrazone groups is 1. The average molecular weight is 215 g/mol. The molecule has 0 N–H and O–H groups in total. The van der Waals surface area contributed by atoms with E-state index in [1.165, 1.54) is 12.1 Å². The molecule has 0 heterocycles. The van der Waals surface area contributed by atoms with Crippen LogP contribution in [0.5, 0.6) is 0 Å². The van der Waals surface area contributed by atoms with Gasteiger partial charge >= 0.3 is 0 Å². The summed E-state index contributed by atoms with van der Waals surface area (Å²) in [6.45, 7) is 0. The third-order valence-electron chi connectivity index (χ3n) is 1.64. The fourth-order valence-electron chi connectivity index (χ4n) is 0.990. The summed E-state index contributed by atoms with van der Waals surface area (Å²) in [7, 11) is 3.67. The van der Waals surface area contributed by atoms with E-state index in [9.17, 15) is 4.39 Å². The predicted octanol–water partition coefficient (Wildman–Crippen LogP) is 2.57. The van der Waals surface area contributed by atoms with Gasteiger partial charge in [-0.2, -0.15) is 5.10 Å². The lowest BCUT2D eigenvalue weighted by molar-refractivity contribution is 0.439. The summed E-state index contributed by atoms with van der Waals surface area (Å²) in [4.78, 5) is 0. The first-order valence-electron chi connectivity index (χ1n) is 4.23. The summed E-state index contributed by atoms with van der Waals surface area (Å²) in [6, 6.07) is 4.37. The Kier molecular flexibility index (Phi) is 3.89. The van der Waals surface area contributed by atoms with Crippen LogP contribution in [0.15, 0.2) is 23.3 Å². The molecule has 2 nitrogen and oxygen atoms in total. The Bertz CT molecular complexity index is 337. The van der Waals surface area contributed by atoms with Crippen LogP contribution in [0.1, 0.15) is 5.56 Å². The van der Waals surface area contributed by atoms with Gasteiger partial charge in [-0.05, 0) is 17.7 Å². The van der Waals surface area contributed by atoms with E-state index >= 15 is 0 Å². The maximum absolute atomic E-state index is 12.7. The highest BCUT2D eigenvalue weighted by atomic mass is 35.5. The smallest absolute Gasteiger partial charge is 0.124 e. The van der Waals surface area contributed by atoms with Crippen LogP contribution in [0.25, 0.3) is 0 Å². The molecule has 4 heteroatoms. The van der Waals surface area contributed by atoms with E-state index < -0.39 is 0 Å². The number of rotatable bonds is 3. The van der Waals surface area contributed by atoms with E-state index in [1.807, 2.05) is 14.1 Å². The standard InChI is InChI=1S/C10H12ClFN2/c1-14(2)13-6-5-8-3-4-9(12)7-10(8)11/h3-4,6-7H,5H2,1-2H3/b13-6+. The number of benzene rings is 1. The molecular weight excluding hydrogens is 203 g/mol. The van der Waals surface area contributed by atoms with Gasteiger partial charge in [0.2, 0.25) is 0 Å². The molecule has 0 aliphatic rings. The molecule has 0 unspecified atom stereocenters. The fourth-order valence-corrected chi connectivity index (χ4v) is 1.23. The highest BCUT2D eigenvalue weighted by Crippen LogP contribution is 2.16. The summed E-state index contributed by atoms with van der Waals surface area (Å²) in [5.74, 6) is -0.316. The Morgan fingerprint density at radius 1 is 1.50 bits per heavy atom. The summed E-state index contributed by atoms with van der Waals surface area (Å²) in [5, 5.41) is 6.17. The van der Waals surface area contributed by atoms with E-state index in [1.54, 1.807) is 17.3 Å². The highest BCUT2D eigenvalue weighted by molar-refractivity contribution is 6.31. The molecule has 1 aromatic carbocycles. The van der Waals surface area contributed by atoms with Crippen LogP contribution >= 0.6 is 11.6 Å². The van der Waals surface area contributed by atoms with Gasteiger partial charge in [-0.25, -0.2) is 4.39 Å². The van der Waals surface area contributed by atoms with Gasteiger partial charge in [-0.1, -0.05) is 17.7 Å². The lowest BCUT2D eigenvalue weighted by atomic mass is 10.2. The topological polar surface area (TPSA) is 15.6 Å². The van der Waals surface area contributed by atoms with Gasteiger partial charge in [0.1, 0.15) is 5.82 Å². The predicted molar refractivity (Wildman–Crippen MR) is 57.3 cm³/mol. The minimum Gasteiger partial charge on any atom is -0.303 e. The van der Waals surface area contributed by atoms with Crippen molar-refractivity contribution in [3.63, 3.8) is 0 Å². The fraction of sp³-hybridized carbons (Fsp3) is 0.300. The van der Waals surface area contributed by atoms with Crippen LogP contribution in [0.3, 0.4) is 0 Å². The van der Waals surface area contributed by atoms with Crippen molar-refractivity contribution in [1.82, 2.24) is 5.01 Å². The zero-order chi connectivity index (χ0) is 10.6. The van der Waals surface area contributed by atoms with Crippen LogP contribution in [-0.2, 0) is 6.42 Å². The highest BCUT2D eigenvalue weighted by Gasteiger charge is 1.99. The molecule has 0 spiro atoms. The minimum atomic E-state index is -0.316. The van der Waals surface area contributed by atoms with Crippen LogP contribution in [0.4, 0.5) is 4.39 Å². The summed E-state index contributed by atoms with van der Waals surface area (Å²) in [6.07, 6.45) is 2.34. The minimum absolute atomic E-state index is 0.316. The monoisotopic (exact) mass is 214 g/mol. The first kappa shape index (κ1) is 11.0. The largest absolute Gasteiger partial charge is 0.303 e. The molecule has 0 fully saturated rings. The third kappa shape index (κ3) is 3.34. The zero-order valence-corrected chi connectivity index (χ0v) is 8.92. The Balaban J connectivity index is 2.68. The van der Waals surface area contributed by atoms with Crippen molar-refractivity contribution in [2.75, 3.05) is 14.1 Å². The molecule has 0 saturated carbocycles. The molecule has 0 amide bonds. The van der Waals surface area contributed by atoms with Crippen LogP contribution < -0.4 is 0 Å². The Morgan fingerprint density at radius 3 is 2.79 bits per heavy atom. The molecule has 0 atom stereocenters. The lowest BCUT2D eigenvalue weighted by Crippen LogP contribution is -2.02. The van der Waals surface area contributed by atoms with Crippen molar-refractivity contribution in [2.45, 2.75) is 6.42 Å². The molecule has 76 valence electrons.